The van der Waals surface area contributed by atoms with Gasteiger partial charge in [-0.3, -0.25) is 14.3 Å². The summed E-state index contributed by atoms with van der Waals surface area (Å²) in [7, 11) is 0. The molecule has 31 heavy (non-hydrogen) atoms. The van der Waals surface area contributed by atoms with Gasteiger partial charge in [-0.15, -0.1) is 0 Å². The molecule has 0 spiro atoms. The standard InChI is InChI=1S/C23H32N4O4/c28-21-9-10-22(29)27(21)17-19(31-23(30)18-6-2-1-3-7-18)16-25-12-14-26(15-13-25)20-8-4-5-11-24-20/h4-5,8-11,18-19,28-29H,1-3,6-7,12-17H2. The summed E-state index contributed by atoms with van der Waals surface area (Å²) < 4.78 is 7.33. The summed E-state index contributed by atoms with van der Waals surface area (Å²) in [6.07, 6.45) is 6.44. The Morgan fingerprint density at radius 2 is 1.71 bits per heavy atom. The van der Waals surface area contributed by atoms with E-state index in [9.17, 15) is 15.0 Å². The molecule has 168 valence electrons. The van der Waals surface area contributed by atoms with Gasteiger partial charge < -0.3 is 19.8 Å². The van der Waals surface area contributed by atoms with Gasteiger partial charge in [0, 0.05) is 51.1 Å². The predicted octanol–water partition coefficient (Wildman–Crippen LogP) is 2.61. The summed E-state index contributed by atoms with van der Waals surface area (Å²) in [5.74, 6) is 0.726. The number of nitrogens with zero attached hydrogens (tertiary/aromatic N) is 4. The van der Waals surface area contributed by atoms with Crippen molar-refractivity contribution in [2.75, 3.05) is 37.6 Å². The zero-order valence-corrected chi connectivity index (χ0v) is 17.9. The van der Waals surface area contributed by atoms with E-state index in [1.807, 2.05) is 18.2 Å². The predicted molar refractivity (Wildman–Crippen MR) is 117 cm³/mol. The molecular formula is C23H32N4O4. The first-order valence-corrected chi connectivity index (χ1v) is 11.3. The molecule has 1 unspecified atom stereocenters. The van der Waals surface area contributed by atoms with Crippen molar-refractivity contribution in [3.05, 3.63) is 36.5 Å². The molecule has 3 heterocycles. The van der Waals surface area contributed by atoms with Crippen LogP contribution in [0.3, 0.4) is 0 Å². The first kappa shape index (κ1) is 21.5. The van der Waals surface area contributed by atoms with Crippen LogP contribution in [0.1, 0.15) is 32.1 Å². The van der Waals surface area contributed by atoms with Gasteiger partial charge in [0.25, 0.3) is 0 Å². The fourth-order valence-electron chi connectivity index (χ4n) is 4.56. The number of aromatic hydroxyl groups is 2. The number of carbonyl (C=O) groups is 1. The maximum absolute atomic E-state index is 12.8. The quantitative estimate of drug-likeness (QED) is 0.655. The Labute approximate surface area is 183 Å². The van der Waals surface area contributed by atoms with E-state index in [2.05, 4.69) is 14.8 Å². The minimum absolute atomic E-state index is 0.0313. The SMILES string of the molecule is O=C(OC(CN1CCN(c2ccccn2)CC1)Cn1c(O)ccc1O)C1CCCCC1. The van der Waals surface area contributed by atoms with E-state index < -0.39 is 6.10 Å². The van der Waals surface area contributed by atoms with E-state index in [1.54, 1.807) is 6.20 Å². The van der Waals surface area contributed by atoms with Gasteiger partial charge in [-0.25, -0.2) is 4.98 Å². The summed E-state index contributed by atoms with van der Waals surface area (Å²) in [4.78, 5) is 21.7. The van der Waals surface area contributed by atoms with E-state index in [1.165, 1.54) is 23.1 Å². The number of pyridine rings is 1. The number of rotatable bonds is 7. The monoisotopic (exact) mass is 428 g/mol. The molecule has 4 rings (SSSR count). The van der Waals surface area contributed by atoms with Crippen LogP contribution in [0.2, 0.25) is 0 Å². The first-order valence-electron chi connectivity index (χ1n) is 11.3. The highest BCUT2D eigenvalue weighted by atomic mass is 16.5. The molecule has 0 aromatic carbocycles. The number of anilines is 1. The zero-order chi connectivity index (χ0) is 21.6. The van der Waals surface area contributed by atoms with Crippen LogP contribution < -0.4 is 4.90 Å². The highest BCUT2D eigenvalue weighted by Crippen LogP contribution is 2.27. The average Bonchev–Trinajstić information content (AvgIpc) is 3.12. The second-order valence-corrected chi connectivity index (χ2v) is 8.53. The third kappa shape index (κ3) is 5.50. The van der Waals surface area contributed by atoms with Crippen molar-refractivity contribution in [1.82, 2.24) is 14.5 Å². The highest BCUT2D eigenvalue weighted by molar-refractivity contribution is 5.72. The van der Waals surface area contributed by atoms with Gasteiger partial charge in [0.2, 0.25) is 0 Å². The molecule has 2 aromatic rings. The zero-order valence-electron chi connectivity index (χ0n) is 17.9. The lowest BCUT2D eigenvalue weighted by Crippen LogP contribution is -2.50. The molecular weight excluding hydrogens is 396 g/mol. The summed E-state index contributed by atoms with van der Waals surface area (Å²) in [5.41, 5.74) is 0. The molecule has 1 aliphatic carbocycles. The third-order valence-electron chi connectivity index (χ3n) is 6.35. The van der Waals surface area contributed by atoms with Gasteiger partial charge in [0.05, 0.1) is 12.5 Å². The van der Waals surface area contributed by atoms with Crippen LogP contribution in [0.5, 0.6) is 11.8 Å². The Bertz CT molecular complexity index is 823. The molecule has 1 saturated carbocycles. The normalized spacial score (nSPS) is 19.3. The van der Waals surface area contributed by atoms with Crippen LogP contribution in [-0.4, -0.2) is 69.5 Å². The van der Waals surface area contributed by atoms with Crippen LogP contribution in [0.4, 0.5) is 5.82 Å². The number of hydrogen-bond donors (Lipinski definition) is 2. The minimum atomic E-state index is -0.444. The molecule has 2 fully saturated rings. The highest BCUT2D eigenvalue weighted by Gasteiger charge is 2.28. The number of esters is 1. The maximum Gasteiger partial charge on any atom is 0.309 e. The molecule has 0 radical (unpaired) electrons. The topological polar surface area (TPSA) is 91.1 Å². The van der Waals surface area contributed by atoms with E-state index in [-0.39, 0.29) is 30.2 Å². The maximum atomic E-state index is 12.8. The van der Waals surface area contributed by atoms with Crippen molar-refractivity contribution in [3.63, 3.8) is 0 Å². The molecule has 0 amide bonds. The summed E-state index contributed by atoms with van der Waals surface area (Å²) in [6.45, 7) is 4.14. The number of piperazine rings is 1. The van der Waals surface area contributed by atoms with Crippen LogP contribution in [0.15, 0.2) is 36.5 Å². The van der Waals surface area contributed by atoms with Gasteiger partial charge in [-0.2, -0.15) is 0 Å². The molecule has 2 N–H and O–H groups in total. The lowest BCUT2D eigenvalue weighted by Gasteiger charge is -2.37. The Hall–Kier alpha value is -2.74. The van der Waals surface area contributed by atoms with E-state index >= 15 is 0 Å². The van der Waals surface area contributed by atoms with Gasteiger partial charge >= 0.3 is 5.97 Å². The van der Waals surface area contributed by atoms with Crippen molar-refractivity contribution >= 4 is 11.8 Å². The molecule has 8 nitrogen and oxygen atoms in total. The van der Waals surface area contributed by atoms with Crippen molar-refractivity contribution < 1.29 is 19.7 Å². The number of aromatic nitrogens is 2. The lowest BCUT2D eigenvalue weighted by molar-refractivity contribution is -0.157. The molecule has 2 aromatic heterocycles. The second kappa shape index (κ2) is 10.0. The van der Waals surface area contributed by atoms with E-state index in [0.717, 1.165) is 57.7 Å². The first-order chi connectivity index (χ1) is 15.1. The molecule has 1 aliphatic heterocycles. The molecule has 8 heteroatoms. The number of ether oxygens (including phenoxy) is 1. The van der Waals surface area contributed by atoms with Crippen LogP contribution >= 0.6 is 0 Å². The Balaban J connectivity index is 1.38. The van der Waals surface area contributed by atoms with Crippen LogP contribution in [-0.2, 0) is 16.1 Å². The smallest absolute Gasteiger partial charge is 0.309 e. The van der Waals surface area contributed by atoms with Gasteiger partial charge in [-0.05, 0) is 25.0 Å². The summed E-state index contributed by atoms with van der Waals surface area (Å²) in [6, 6.07) is 8.81. The summed E-state index contributed by atoms with van der Waals surface area (Å²) >= 11 is 0. The summed E-state index contributed by atoms with van der Waals surface area (Å²) in [5, 5.41) is 20.1. The largest absolute Gasteiger partial charge is 0.494 e. The number of hydrogen-bond acceptors (Lipinski definition) is 7. The average molecular weight is 429 g/mol. The van der Waals surface area contributed by atoms with Crippen molar-refractivity contribution in [2.24, 2.45) is 5.92 Å². The fraction of sp³-hybridized carbons (Fsp3) is 0.565. The molecule has 0 bridgehead atoms. The van der Waals surface area contributed by atoms with E-state index in [0.29, 0.717) is 6.54 Å². The van der Waals surface area contributed by atoms with E-state index in [4.69, 9.17) is 4.74 Å². The fourth-order valence-corrected chi connectivity index (χ4v) is 4.56. The van der Waals surface area contributed by atoms with Gasteiger partial charge in [0.1, 0.15) is 11.9 Å². The second-order valence-electron chi connectivity index (χ2n) is 8.53. The lowest BCUT2D eigenvalue weighted by atomic mass is 9.89. The molecule has 1 saturated heterocycles. The van der Waals surface area contributed by atoms with Crippen LogP contribution in [0, 0.1) is 5.92 Å². The Kier molecular flexibility index (Phi) is 6.96. The van der Waals surface area contributed by atoms with Crippen molar-refractivity contribution in [3.8, 4) is 11.8 Å². The number of carbonyl (C=O) groups excluding carboxylic acids is 1. The van der Waals surface area contributed by atoms with Gasteiger partial charge in [-0.1, -0.05) is 25.3 Å². The van der Waals surface area contributed by atoms with Crippen molar-refractivity contribution in [1.29, 1.82) is 0 Å². The van der Waals surface area contributed by atoms with Gasteiger partial charge in [0.15, 0.2) is 11.8 Å². The molecule has 1 atom stereocenters. The van der Waals surface area contributed by atoms with Crippen LogP contribution in [0.25, 0.3) is 0 Å². The Morgan fingerprint density at radius 1 is 1.00 bits per heavy atom. The third-order valence-corrected chi connectivity index (χ3v) is 6.35. The molecule has 2 aliphatic rings. The minimum Gasteiger partial charge on any atom is -0.494 e. The Morgan fingerprint density at radius 3 is 2.35 bits per heavy atom. The van der Waals surface area contributed by atoms with Crippen molar-refractivity contribution in [2.45, 2.75) is 44.8 Å².